The van der Waals surface area contributed by atoms with E-state index in [-0.39, 0.29) is 6.04 Å². The first kappa shape index (κ1) is 15.6. The molecule has 21 heavy (non-hydrogen) atoms. The molecular weight excluding hydrogens is 288 g/mol. The Balaban J connectivity index is 2.50. The van der Waals surface area contributed by atoms with Gasteiger partial charge in [0.2, 0.25) is 0 Å². The van der Waals surface area contributed by atoms with Crippen molar-refractivity contribution in [1.29, 1.82) is 0 Å². The molecule has 1 aromatic carbocycles. The molecule has 1 unspecified atom stereocenters. The van der Waals surface area contributed by atoms with E-state index in [1.54, 1.807) is 20.4 Å². The standard InChI is InChI=1S/C16H19ClN2O2/c1-4-18-15(16-14(17)6-5-7-19-16)11-8-12(20-2)10-13(9-11)21-3/h5-10,15,18H,4H2,1-3H3. The summed E-state index contributed by atoms with van der Waals surface area (Å²) >= 11 is 6.29. The zero-order valence-electron chi connectivity index (χ0n) is 12.4. The molecule has 0 saturated carbocycles. The third kappa shape index (κ3) is 3.65. The minimum absolute atomic E-state index is 0.118. The van der Waals surface area contributed by atoms with E-state index in [0.717, 1.165) is 29.3 Å². The quantitative estimate of drug-likeness (QED) is 0.887. The Morgan fingerprint density at radius 1 is 1.19 bits per heavy atom. The summed E-state index contributed by atoms with van der Waals surface area (Å²) in [6.45, 7) is 2.83. The van der Waals surface area contributed by atoms with E-state index >= 15 is 0 Å². The lowest BCUT2D eigenvalue weighted by Crippen LogP contribution is -2.23. The number of hydrogen-bond acceptors (Lipinski definition) is 4. The lowest BCUT2D eigenvalue weighted by molar-refractivity contribution is 0.392. The maximum atomic E-state index is 6.29. The summed E-state index contributed by atoms with van der Waals surface area (Å²) in [7, 11) is 3.27. The average molecular weight is 307 g/mol. The molecule has 4 nitrogen and oxygen atoms in total. The van der Waals surface area contributed by atoms with E-state index < -0.39 is 0 Å². The third-order valence-corrected chi connectivity index (χ3v) is 3.50. The van der Waals surface area contributed by atoms with E-state index in [4.69, 9.17) is 21.1 Å². The summed E-state index contributed by atoms with van der Waals surface area (Å²) in [6, 6.07) is 9.30. The molecule has 1 aromatic heterocycles. The molecule has 1 N–H and O–H groups in total. The normalized spacial score (nSPS) is 12.0. The fourth-order valence-electron chi connectivity index (χ4n) is 2.18. The van der Waals surface area contributed by atoms with Gasteiger partial charge in [-0.25, -0.2) is 0 Å². The predicted octanol–water partition coefficient (Wildman–Crippen LogP) is 3.45. The molecule has 0 aliphatic rings. The van der Waals surface area contributed by atoms with Gasteiger partial charge in [-0.1, -0.05) is 18.5 Å². The van der Waals surface area contributed by atoms with Gasteiger partial charge in [0, 0.05) is 12.3 Å². The van der Waals surface area contributed by atoms with Crippen LogP contribution in [0.2, 0.25) is 5.02 Å². The summed E-state index contributed by atoms with van der Waals surface area (Å²) < 4.78 is 10.7. The number of pyridine rings is 1. The average Bonchev–Trinajstić information content (AvgIpc) is 2.53. The minimum Gasteiger partial charge on any atom is -0.497 e. The molecular formula is C16H19ClN2O2. The first-order valence-corrected chi connectivity index (χ1v) is 7.14. The number of hydrogen-bond donors (Lipinski definition) is 1. The number of nitrogens with one attached hydrogen (secondary N) is 1. The molecule has 0 radical (unpaired) electrons. The number of halogens is 1. The van der Waals surface area contributed by atoms with Crippen molar-refractivity contribution in [2.75, 3.05) is 20.8 Å². The second-order valence-corrected chi connectivity index (χ2v) is 4.91. The molecule has 0 aliphatic carbocycles. The van der Waals surface area contributed by atoms with E-state index in [2.05, 4.69) is 10.3 Å². The van der Waals surface area contributed by atoms with Gasteiger partial charge in [0.25, 0.3) is 0 Å². The first-order valence-electron chi connectivity index (χ1n) is 6.76. The van der Waals surface area contributed by atoms with E-state index in [0.29, 0.717) is 5.02 Å². The lowest BCUT2D eigenvalue weighted by atomic mass is 10.0. The molecule has 0 aliphatic heterocycles. The van der Waals surface area contributed by atoms with Crippen molar-refractivity contribution in [3.8, 4) is 11.5 Å². The molecule has 1 heterocycles. The van der Waals surface area contributed by atoms with Gasteiger partial charge in [-0.3, -0.25) is 4.98 Å². The largest absolute Gasteiger partial charge is 0.497 e. The van der Waals surface area contributed by atoms with Crippen molar-refractivity contribution in [3.63, 3.8) is 0 Å². The number of methoxy groups -OCH3 is 2. The Morgan fingerprint density at radius 3 is 2.38 bits per heavy atom. The van der Waals surface area contributed by atoms with Gasteiger partial charge < -0.3 is 14.8 Å². The monoisotopic (exact) mass is 306 g/mol. The van der Waals surface area contributed by atoms with Crippen LogP contribution in [-0.2, 0) is 0 Å². The van der Waals surface area contributed by atoms with Crippen LogP contribution in [0.25, 0.3) is 0 Å². The Kier molecular flexibility index (Phi) is 5.42. The lowest BCUT2D eigenvalue weighted by Gasteiger charge is -2.20. The second-order valence-electron chi connectivity index (χ2n) is 4.51. The zero-order chi connectivity index (χ0) is 15.2. The molecule has 2 rings (SSSR count). The van der Waals surface area contributed by atoms with Gasteiger partial charge in [0.1, 0.15) is 11.5 Å². The van der Waals surface area contributed by atoms with Gasteiger partial charge in [0.15, 0.2) is 0 Å². The molecule has 0 saturated heterocycles. The molecule has 0 spiro atoms. The van der Waals surface area contributed by atoms with Crippen LogP contribution in [-0.4, -0.2) is 25.7 Å². The predicted molar refractivity (Wildman–Crippen MR) is 84.3 cm³/mol. The smallest absolute Gasteiger partial charge is 0.122 e. The molecule has 2 aromatic rings. The Morgan fingerprint density at radius 2 is 1.86 bits per heavy atom. The highest BCUT2D eigenvalue weighted by molar-refractivity contribution is 6.31. The molecule has 0 amide bonds. The van der Waals surface area contributed by atoms with Crippen LogP contribution in [0.4, 0.5) is 0 Å². The van der Waals surface area contributed by atoms with Crippen molar-refractivity contribution in [2.45, 2.75) is 13.0 Å². The van der Waals surface area contributed by atoms with Crippen molar-refractivity contribution in [1.82, 2.24) is 10.3 Å². The Labute approximate surface area is 130 Å². The summed E-state index contributed by atoms with van der Waals surface area (Å²) in [5, 5.41) is 4.03. The maximum Gasteiger partial charge on any atom is 0.122 e. The van der Waals surface area contributed by atoms with Crippen LogP contribution < -0.4 is 14.8 Å². The van der Waals surface area contributed by atoms with Gasteiger partial charge in [-0.2, -0.15) is 0 Å². The van der Waals surface area contributed by atoms with Crippen LogP contribution in [0.3, 0.4) is 0 Å². The maximum absolute atomic E-state index is 6.29. The molecule has 0 bridgehead atoms. The third-order valence-electron chi connectivity index (χ3n) is 3.18. The molecule has 0 fully saturated rings. The Bertz CT molecular complexity index is 582. The number of ether oxygens (including phenoxy) is 2. The summed E-state index contributed by atoms with van der Waals surface area (Å²) in [5.74, 6) is 1.47. The number of nitrogens with zero attached hydrogens (tertiary/aromatic N) is 1. The van der Waals surface area contributed by atoms with Crippen LogP contribution >= 0.6 is 11.6 Å². The van der Waals surface area contributed by atoms with Crippen LogP contribution in [0, 0.1) is 0 Å². The zero-order valence-corrected chi connectivity index (χ0v) is 13.1. The van der Waals surface area contributed by atoms with Crippen molar-refractivity contribution >= 4 is 11.6 Å². The highest BCUT2D eigenvalue weighted by Crippen LogP contribution is 2.31. The van der Waals surface area contributed by atoms with Crippen LogP contribution in [0.1, 0.15) is 24.2 Å². The molecule has 5 heteroatoms. The molecule has 112 valence electrons. The topological polar surface area (TPSA) is 43.4 Å². The van der Waals surface area contributed by atoms with Gasteiger partial charge in [0.05, 0.1) is 31.0 Å². The second kappa shape index (κ2) is 7.29. The Hall–Kier alpha value is -1.78. The molecule has 1 atom stereocenters. The SMILES string of the molecule is CCNC(c1cc(OC)cc(OC)c1)c1ncccc1Cl. The van der Waals surface area contributed by atoms with Crippen molar-refractivity contribution in [3.05, 3.63) is 52.8 Å². The summed E-state index contributed by atoms with van der Waals surface area (Å²) in [5.41, 5.74) is 1.78. The van der Waals surface area contributed by atoms with Crippen molar-refractivity contribution < 1.29 is 9.47 Å². The van der Waals surface area contributed by atoms with E-state index in [1.165, 1.54) is 0 Å². The van der Waals surface area contributed by atoms with Gasteiger partial charge >= 0.3 is 0 Å². The van der Waals surface area contributed by atoms with E-state index in [9.17, 15) is 0 Å². The highest BCUT2D eigenvalue weighted by atomic mass is 35.5. The highest BCUT2D eigenvalue weighted by Gasteiger charge is 2.19. The summed E-state index contributed by atoms with van der Waals surface area (Å²) in [4.78, 5) is 4.41. The van der Waals surface area contributed by atoms with Crippen molar-refractivity contribution in [2.24, 2.45) is 0 Å². The number of aromatic nitrogens is 1. The van der Waals surface area contributed by atoms with Gasteiger partial charge in [-0.15, -0.1) is 0 Å². The number of benzene rings is 1. The summed E-state index contributed by atoms with van der Waals surface area (Å²) in [6.07, 6.45) is 1.74. The van der Waals surface area contributed by atoms with Crippen LogP contribution in [0.15, 0.2) is 36.5 Å². The fraction of sp³-hybridized carbons (Fsp3) is 0.312. The minimum atomic E-state index is -0.118. The van der Waals surface area contributed by atoms with E-state index in [1.807, 2.05) is 37.3 Å². The first-order chi connectivity index (χ1) is 10.2. The number of rotatable bonds is 6. The van der Waals surface area contributed by atoms with Gasteiger partial charge in [-0.05, 0) is 36.4 Å². The van der Waals surface area contributed by atoms with Crippen LogP contribution in [0.5, 0.6) is 11.5 Å². The fourth-order valence-corrected chi connectivity index (χ4v) is 2.41.